The van der Waals surface area contributed by atoms with Gasteiger partial charge in [0.25, 0.3) is 0 Å². The molecule has 0 aliphatic rings. The second-order valence-corrected chi connectivity index (χ2v) is 5.93. The van der Waals surface area contributed by atoms with Gasteiger partial charge in [0, 0.05) is 10.6 Å². The van der Waals surface area contributed by atoms with Gasteiger partial charge in [0.15, 0.2) is 0 Å². The molecular formula is C18H18O4S. The molecule has 0 aromatic heterocycles. The highest BCUT2D eigenvalue weighted by atomic mass is 32.2. The quantitative estimate of drug-likeness (QED) is 0.572. The summed E-state index contributed by atoms with van der Waals surface area (Å²) in [5.41, 5.74) is 1.21. The van der Waals surface area contributed by atoms with Crippen molar-refractivity contribution in [2.75, 3.05) is 12.9 Å². The maximum absolute atomic E-state index is 11.8. The molecule has 0 bridgehead atoms. The van der Waals surface area contributed by atoms with E-state index < -0.39 is 5.97 Å². The molecule has 0 N–H and O–H groups in total. The molecule has 0 heterocycles. The fraction of sp³-hybridized carbons (Fsp3) is 0.222. The fourth-order valence-electron chi connectivity index (χ4n) is 1.91. The van der Waals surface area contributed by atoms with Crippen LogP contribution < -0.4 is 0 Å². The number of benzene rings is 2. The topological polar surface area (TPSA) is 52.6 Å². The molecule has 0 spiro atoms. The summed E-state index contributed by atoms with van der Waals surface area (Å²) in [6.07, 6.45) is 0.344. The number of thioether (sulfide) groups is 1. The normalized spacial score (nSPS) is 10.1. The largest absolute Gasteiger partial charge is 0.465 e. The summed E-state index contributed by atoms with van der Waals surface area (Å²) in [6, 6.07) is 16.8. The molecule has 0 saturated carbocycles. The Labute approximate surface area is 139 Å². The van der Waals surface area contributed by atoms with Crippen molar-refractivity contribution in [3.8, 4) is 0 Å². The number of carbonyl (C=O) groups excluding carboxylic acids is 2. The first kappa shape index (κ1) is 17.1. The lowest BCUT2D eigenvalue weighted by Gasteiger charge is -2.06. The summed E-state index contributed by atoms with van der Waals surface area (Å²) in [4.78, 5) is 24.3. The SMILES string of the molecule is COC(=O)c1cccc(COC(=O)CCSc2ccccc2)c1. The molecule has 0 aliphatic carbocycles. The van der Waals surface area contributed by atoms with Crippen molar-refractivity contribution in [2.24, 2.45) is 0 Å². The standard InChI is InChI=1S/C18H18O4S/c1-21-18(20)15-7-5-6-14(12-15)13-22-17(19)10-11-23-16-8-3-2-4-9-16/h2-9,12H,10-11,13H2,1H3. The second-order valence-electron chi connectivity index (χ2n) is 4.76. The van der Waals surface area contributed by atoms with E-state index in [0.29, 0.717) is 17.7 Å². The molecule has 4 nitrogen and oxygen atoms in total. The van der Waals surface area contributed by atoms with Crippen molar-refractivity contribution < 1.29 is 19.1 Å². The van der Waals surface area contributed by atoms with Crippen molar-refractivity contribution in [2.45, 2.75) is 17.9 Å². The lowest BCUT2D eigenvalue weighted by Crippen LogP contribution is -2.07. The Hall–Kier alpha value is -2.27. The van der Waals surface area contributed by atoms with Gasteiger partial charge in [0.2, 0.25) is 0 Å². The van der Waals surface area contributed by atoms with E-state index in [9.17, 15) is 9.59 Å². The molecule has 2 aromatic rings. The molecule has 0 unspecified atom stereocenters. The summed E-state index contributed by atoms with van der Waals surface area (Å²) in [5, 5.41) is 0. The van der Waals surface area contributed by atoms with Crippen molar-refractivity contribution in [3.05, 3.63) is 65.7 Å². The van der Waals surface area contributed by atoms with E-state index in [1.54, 1.807) is 36.0 Å². The maximum atomic E-state index is 11.8. The predicted molar refractivity (Wildman–Crippen MR) is 89.4 cm³/mol. The number of methoxy groups -OCH3 is 1. The molecule has 0 aliphatic heterocycles. The monoisotopic (exact) mass is 330 g/mol. The van der Waals surface area contributed by atoms with Crippen LogP contribution in [-0.2, 0) is 20.9 Å². The molecule has 5 heteroatoms. The molecule has 0 saturated heterocycles. The minimum absolute atomic E-state index is 0.152. The number of hydrogen-bond donors (Lipinski definition) is 0. The average molecular weight is 330 g/mol. The van der Waals surface area contributed by atoms with E-state index in [4.69, 9.17) is 4.74 Å². The number of rotatable bonds is 7. The Morgan fingerprint density at radius 2 is 1.83 bits per heavy atom. The van der Waals surface area contributed by atoms with E-state index in [-0.39, 0.29) is 12.6 Å². The zero-order valence-electron chi connectivity index (χ0n) is 12.9. The molecule has 0 atom stereocenters. The number of hydrogen-bond acceptors (Lipinski definition) is 5. The molecule has 0 amide bonds. The molecule has 23 heavy (non-hydrogen) atoms. The first-order chi connectivity index (χ1) is 11.2. The third kappa shape index (κ3) is 5.79. The fourth-order valence-corrected chi connectivity index (χ4v) is 2.76. The van der Waals surface area contributed by atoms with Gasteiger partial charge in [-0.2, -0.15) is 0 Å². The summed E-state index contributed by atoms with van der Waals surface area (Å²) in [5.74, 6) is 0.0137. The zero-order chi connectivity index (χ0) is 16.5. The van der Waals surface area contributed by atoms with E-state index in [1.165, 1.54) is 7.11 Å². The van der Waals surface area contributed by atoms with Crippen LogP contribution in [0.1, 0.15) is 22.3 Å². The molecule has 0 fully saturated rings. The molecule has 2 aromatic carbocycles. The number of ether oxygens (including phenoxy) is 2. The first-order valence-corrected chi connectivity index (χ1v) is 8.18. The Kier molecular flexibility index (Phi) is 6.69. The molecule has 2 rings (SSSR count). The smallest absolute Gasteiger partial charge is 0.337 e. The maximum Gasteiger partial charge on any atom is 0.337 e. The Bertz CT molecular complexity index is 655. The van der Waals surface area contributed by atoms with Gasteiger partial charge in [-0.05, 0) is 29.8 Å². The summed E-state index contributed by atoms with van der Waals surface area (Å²) < 4.78 is 9.89. The highest BCUT2D eigenvalue weighted by Crippen LogP contribution is 2.18. The van der Waals surface area contributed by atoms with Crippen LogP contribution >= 0.6 is 11.8 Å². The van der Waals surface area contributed by atoms with Crippen LogP contribution in [0.5, 0.6) is 0 Å². The lowest BCUT2D eigenvalue weighted by atomic mass is 10.1. The van der Waals surface area contributed by atoms with Crippen LogP contribution in [0.15, 0.2) is 59.5 Å². The summed E-state index contributed by atoms with van der Waals surface area (Å²) >= 11 is 1.62. The summed E-state index contributed by atoms with van der Waals surface area (Å²) in [6.45, 7) is 0.152. The van der Waals surface area contributed by atoms with Crippen LogP contribution in [0.2, 0.25) is 0 Å². The van der Waals surface area contributed by atoms with Crippen LogP contribution in [0.25, 0.3) is 0 Å². The highest BCUT2D eigenvalue weighted by Gasteiger charge is 2.08. The Morgan fingerprint density at radius 3 is 2.57 bits per heavy atom. The third-order valence-electron chi connectivity index (χ3n) is 3.07. The highest BCUT2D eigenvalue weighted by molar-refractivity contribution is 7.99. The van der Waals surface area contributed by atoms with Gasteiger partial charge >= 0.3 is 11.9 Å². The van der Waals surface area contributed by atoms with Gasteiger partial charge in [0.05, 0.1) is 19.1 Å². The molecule has 0 radical (unpaired) electrons. The van der Waals surface area contributed by atoms with Crippen molar-refractivity contribution in [3.63, 3.8) is 0 Å². The zero-order valence-corrected chi connectivity index (χ0v) is 13.7. The number of carbonyl (C=O) groups is 2. The van der Waals surface area contributed by atoms with Gasteiger partial charge in [-0.15, -0.1) is 11.8 Å². The van der Waals surface area contributed by atoms with Gasteiger partial charge in [-0.3, -0.25) is 4.79 Å². The minimum Gasteiger partial charge on any atom is -0.465 e. The summed E-state index contributed by atoms with van der Waals surface area (Å²) in [7, 11) is 1.33. The van der Waals surface area contributed by atoms with Crippen LogP contribution in [0.3, 0.4) is 0 Å². The van der Waals surface area contributed by atoms with Gasteiger partial charge in [-0.25, -0.2) is 4.79 Å². The van der Waals surface area contributed by atoms with Crippen molar-refractivity contribution in [1.82, 2.24) is 0 Å². The Balaban J connectivity index is 1.75. The average Bonchev–Trinajstić information content (AvgIpc) is 2.60. The molecule has 120 valence electrons. The first-order valence-electron chi connectivity index (χ1n) is 7.20. The lowest BCUT2D eigenvalue weighted by molar-refractivity contribution is -0.144. The van der Waals surface area contributed by atoms with E-state index in [1.807, 2.05) is 30.3 Å². The van der Waals surface area contributed by atoms with Crippen molar-refractivity contribution in [1.29, 1.82) is 0 Å². The van der Waals surface area contributed by atoms with Gasteiger partial charge in [-0.1, -0.05) is 30.3 Å². The van der Waals surface area contributed by atoms with E-state index in [2.05, 4.69) is 4.74 Å². The number of esters is 2. The van der Waals surface area contributed by atoms with Gasteiger partial charge < -0.3 is 9.47 Å². The van der Waals surface area contributed by atoms with E-state index in [0.717, 1.165) is 10.5 Å². The van der Waals surface area contributed by atoms with Crippen LogP contribution in [0, 0.1) is 0 Å². The second kappa shape index (κ2) is 9.00. The Morgan fingerprint density at radius 1 is 1.04 bits per heavy atom. The predicted octanol–water partition coefficient (Wildman–Crippen LogP) is 3.70. The molecular weight excluding hydrogens is 312 g/mol. The van der Waals surface area contributed by atoms with Crippen LogP contribution in [-0.4, -0.2) is 24.8 Å². The minimum atomic E-state index is -0.405. The van der Waals surface area contributed by atoms with Gasteiger partial charge in [0.1, 0.15) is 6.61 Å². The van der Waals surface area contributed by atoms with Crippen LogP contribution in [0.4, 0.5) is 0 Å². The third-order valence-corrected chi connectivity index (χ3v) is 4.08. The van der Waals surface area contributed by atoms with E-state index >= 15 is 0 Å². The van der Waals surface area contributed by atoms with Crippen molar-refractivity contribution >= 4 is 23.7 Å².